The van der Waals surface area contributed by atoms with E-state index in [0.29, 0.717) is 0 Å². The van der Waals surface area contributed by atoms with Crippen molar-refractivity contribution in [1.29, 1.82) is 0 Å². The Balaban J connectivity index is 1.56. The average Bonchev–Trinajstić information content (AvgIpc) is 3.18. The third-order valence-corrected chi connectivity index (χ3v) is 6.38. The first kappa shape index (κ1) is 19.2. The highest BCUT2D eigenvalue weighted by Crippen LogP contribution is 2.36. The maximum Gasteiger partial charge on any atom is 0.161 e. The molecule has 0 fully saturated rings. The fraction of sp³-hybridized carbons (Fsp3) is 0.0714. The van der Waals surface area contributed by atoms with E-state index in [4.69, 9.17) is 4.98 Å². The molecule has 2 heterocycles. The summed E-state index contributed by atoms with van der Waals surface area (Å²) in [5.41, 5.74) is 6.80. The number of halogens is 1. The number of aromatic nitrogens is 3. The van der Waals surface area contributed by atoms with Crippen LogP contribution in [0.25, 0.3) is 50.1 Å². The molecule has 0 unspecified atom stereocenters. The summed E-state index contributed by atoms with van der Waals surface area (Å²) < 4.78 is 3.19. The SMILES string of the molecule is Brc1cc(-c2ccc3c(c2)c2ccccc2n3C2=CC=CCC2)nc(-c2ccccc2)n1. The van der Waals surface area contributed by atoms with E-state index in [1.54, 1.807) is 0 Å². The lowest BCUT2D eigenvalue weighted by atomic mass is 10.1. The van der Waals surface area contributed by atoms with Crippen molar-refractivity contribution < 1.29 is 0 Å². The Morgan fingerprint density at radius 2 is 1.56 bits per heavy atom. The number of allylic oxidation sites excluding steroid dienone is 4. The van der Waals surface area contributed by atoms with E-state index in [-0.39, 0.29) is 0 Å². The Morgan fingerprint density at radius 3 is 2.41 bits per heavy atom. The largest absolute Gasteiger partial charge is 0.313 e. The summed E-state index contributed by atoms with van der Waals surface area (Å²) in [6, 6.07) is 27.4. The fourth-order valence-electron chi connectivity index (χ4n) is 4.50. The van der Waals surface area contributed by atoms with E-state index in [1.807, 2.05) is 36.4 Å². The van der Waals surface area contributed by atoms with Crippen LogP contribution in [0.1, 0.15) is 12.8 Å². The minimum absolute atomic E-state index is 0.719. The molecular formula is C28H20BrN3. The number of rotatable bonds is 3. The number of nitrogens with zero attached hydrogens (tertiary/aromatic N) is 3. The maximum absolute atomic E-state index is 4.89. The predicted octanol–water partition coefficient (Wildman–Crippen LogP) is 7.87. The number of hydrogen-bond donors (Lipinski definition) is 0. The molecule has 0 amide bonds. The lowest BCUT2D eigenvalue weighted by molar-refractivity contribution is 0.979. The average molecular weight is 478 g/mol. The van der Waals surface area contributed by atoms with Crippen molar-refractivity contribution in [3.05, 3.63) is 102 Å². The monoisotopic (exact) mass is 477 g/mol. The summed E-state index contributed by atoms with van der Waals surface area (Å²) >= 11 is 3.58. The van der Waals surface area contributed by atoms with Crippen molar-refractivity contribution in [1.82, 2.24) is 14.5 Å². The van der Waals surface area contributed by atoms with Crippen molar-refractivity contribution in [3.63, 3.8) is 0 Å². The van der Waals surface area contributed by atoms with Crippen molar-refractivity contribution in [2.45, 2.75) is 12.8 Å². The zero-order valence-corrected chi connectivity index (χ0v) is 19.0. The topological polar surface area (TPSA) is 30.7 Å². The third-order valence-electron chi connectivity index (χ3n) is 5.97. The zero-order chi connectivity index (χ0) is 21.5. The molecule has 0 saturated heterocycles. The highest BCUT2D eigenvalue weighted by Gasteiger charge is 2.16. The molecule has 0 radical (unpaired) electrons. The van der Waals surface area contributed by atoms with Crippen LogP contribution < -0.4 is 0 Å². The highest BCUT2D eigenvalue weighted by atomic mass is 79.9. The molecule has 3 aromatic carbocycles. The van der Waals surface area contributed by atoms with Crippen LogP contribution in [0.2, 0.25) is 0 Å². The van der Waals surface area contributed by atoms with E-state index in [0.717, 1.165) is 40.1 Å². The van der Waals surface area contributed by atoms with Crippen LogP contribution in [0, 0.1) is 0 Å². The van der Waals surface area contributed by atoms with Crippen molar-refractivity contribution in [2.75, 3.05) is 0 Å². The molecule has 0 atom stereocenters. The summed E-state index contributed by atoms with van der Waals surface area (Å²) in [5, 5.41) is 2.50. The number of benzene rings is 3. The van der Waals surface area contributed by atoms with E-state index in [1.165, 1.54) is 27.5 Å². The van der Waals surface area contributed by atoms with E-state index < -0.39 is 0 Å². The highest BCUT2D eigenvalue weighted by molar-refractivity contribution is 9.10. The van der Waals surface area contributed by atoms with Gasteiger partial charge in [0.25, 0.3) is 0 Å². The standard InChI is InChI=1S/C28H20BrN3/c29-27-18-24(30-28(31-27)19-9-3-1-4-10-19)20-15-16-26-23(17-20)22-13-7-8-14-25(22)32(26)21-11-5-2-6-12-21/h1-5,7-11,13-18H,6,12H2. The minimum atomic E-state index is 0.719. The number of hydrogen-bond acceptors (Lipinski definition) is 2. The summed E-state index contributed by atoms with van der Waals surface area (Å²) in [5.74, 6) is 0.719. The van der Waals surface area contributed by atoms with Crippen LogP contribution in [0.5, 0.6) is 0 Å². The van der Waals surface area contributed by atoms with E-state index in [2.05, 4.69) is 86.2 Å². The Hall–Kier alpha value is -3.50. The van der Waals surface area contributed by atoms with Gasteiger partial charge in [0.05, 0.1) is 16.7 Å². The molecule has 0 spiro atoms. The first-order valence-corrected chi connectivity index (χ1v) is 11.6. The van der Waals surface area contributed by atoms with Gasteiger partial charge in [-0.2, -0.15) is 0 Å². The van der Waals surface area contributed by atoms with Gasteiger partial charge >= 0.3 is 0 Å². The molecule has 154 valence electrons. The second kappa shape index (κ2) is 7.88. The van der Waals surface area contributed by atoms with Gasteiger partial charge in [0.2, 0.25) is 0 Å². The molecule has 5 aromatic rings. The summed E-state index contributed by atoms with van der Waals surface area (Å²) in [4.78, 5) is 9.48. The first-order valence-electron chi connectivity index (χ1n) is 10.8. The third kappa shape index (κ3) is 3.28. The van der Waals surface area contributed by atoms with Crippen molar-refractivity contribution in [3.8, 4) is 22.6 Å². The summed E-state index contributed by atoms with van der Waals surface area (Å²) in [6.45, 7) is 0. The zero-order valence-electron chi connectivity index (χ0n) is 17.4. The smallest absolute Gasteiger partial charge is 0.161 e. The van der Waals surface area contributed by atoms with Crippen molar-refractivity contribution in [2.24, 2.45) is 0 Å². The van der Waals surface area contributed by atoms with Gasteiger partial charge in [-0.05, 0) is 59.1 Å². The predicted molar refractivity (Wildman–Crippen MR) is 136 cm³/mol. The molecule has 3 nitrogen and oxygen atoms in total. The van der Waals surface area contributed by atoms with Crippen LogP contribution in [0.4, 0.5) is 0 Å². The van der Waals surface area contributed by atoms with E-state index >= 15 is 0 Å². The van der Waals surface area contributed by atoms with Gasteiger partial charge in [-0.3, -0.25) is 0 Å². The number of fused-ring (bicyclic) bond motifs is 3. The summed E-state index contributed by atoms with van der Waals surface area (Å²) in [6.07, 6.45) is 8.75. The van der Waals surface area contributed by atoms with Crippen LogP contribution in [0.15, 0.2) is 102 Å². The second-order valence-electron chi connectivity index (χ2n) is 7.97. The van der Waals surface area contributed by atoms with Gasteiger partial charge < -0.3 is 4.57 Å². The maximum atomic E-state index is 4.89. The van der Waals surface area contributed by atoms with Gasteiger partial charge in [-0.25, -0.2) is 9.97 Å². The molecule has 32 heavy (non-hydrogen) atoms. The normalized spacial score (nSPS) is 13.6. The number of para-hydroxylation sites is 1. The minimum Gasteiger partial charge on any atom is -0.313 e. The molecular weight excluding hydrogens is 458 g/mol. The van der Waals surface area contributed by atoms with Crippen LogP contribution in [0.3, 0.4) is 0 Å². The van der Waals surface area contributed by atoms with Gasteiger partial charge in [-0.1, -0.05) is 66.7 Å². The first-order chi connectivity index (χ1) is 15.8. The molecule has 6 rings (SSSR count). The molecule has 0 aliphatic heterocycles. The lowest BCUT2D eigenvalue weighted by Crippen LogP contribution is -1.98. The van der Waals surface area contributed by atoms with E-state index in [9.17, 15) is 0 Å². The Bertz CT molecular complexity index is 1530. The van der Waals surface area contributed by atoms with Crippen LogP contribution in [-0.2, 0) is 0 Å². The van der Waals surface area contributed by atoms with Gasteiger partial charge in [0, 0.05) is 27.6 Å². The summed E-state index contributed by atoms with van der Waals surface area (Å²) in [7, 11) is 0. The molecule has 1 aliphatic carbocycles. The van der Waals surface area contributed by atoms with Gasteiger partial charge in [0.1, 0.15) is 4.60 Å². The van der Waals surface area contributed by atoms with Crippen LogP contribution in [-0.4, -0.2) is 14.5 Å². The van der Waals surface area contributed by atoms with Gasteiger partial charge in [0.15, 0.2) is 5.82 Å². The molecule has 0 N–H and O–H groups in total. The van der Waals surface area contributed by atoms with Gasteiger partial charge in [-0.15, -0.1) is 0 Å². The molecule has 1 aliphatic rings. The molecule has 0 bridgehead atoms. The molecule has 0 saturated carbocycles. The van der Waals surface area contributed by atoms with Crippen molar-refractivity contribution >= 4 is 43.4 Å². The Kier molecular flexibility index (Phi) is 4.73. The quantitative estimate of drug-likeness (QED) is 0.247. The molecule has 4 heteroatoms. The lowest BCUT2D eigenvalue weighted by Gasteiger charge is -2.14. The van der Waals surface area contributed by atoms with Crippen LogP contribution >= 0.6 is 15.9 Å². The Morgan fingerprint density at radius 1 is 0.750 bits per heavy atom. The fourth-order valence-corrected chi connectivity index (χ4v) is 4.88. The second-order valence-corrected chi connectivity index (χ2v) is 8.79. The Labute approximate surface area is 194 Å². The molecule has 2 aromatic heterocycles.